The number of anilines is 2. The Hall–Kier alpha value is -2.93. The summed E-state index contributed by atoms with van der Waals surface area (Å²) in [6.07, 6.45) is 11.3. The van der Waals surface area contributed by atoms with Crippen molar-refractivity contribution in [3.8, 4) is 11.3 Å². The normalized spacial score (nSPS) is 18.4. The maximum atomic E-state index is 4.83. The zero-order chi connectivity index (χ0) is 21.6. The Morgan fingerprint density at radius 2 is 1.72 bits per heavy atom. The molecular formula is C25H33N7. The molecule has 7 heteroatoms. The minimum absolute atomic E-state index is 0.420. The third-order valence-corrected chi connectivity index (χ3v) is 6.65. The van der Waals surface area contributed by atoms with E-state index in [0.29, 0.717) is 6.04 Å². The molecule has 5 rings (SSSR count). The maximum Gasteiger partial charge on any atom is 0.224 e. The molecule has 2 aromatic heterocycles. The van der Waals surface area contributed by atoms with Crippen molar-refractivity contribution < 1.29 is 0 Å². The van der Waals surface area contributed by atoms with Crippen LogP contribution >= 0.6 is 0 Å². The maximum absolute atomic E-state index is 4.83. The second kappa shape index (κ2) is 10.1. The minimum Gasteiger partial charge on any atom is -0.356 e. The summed E-state index contributed by atoms with van der Waals surface area (Å²) in [5.74, 6) is 1.83. The SMILES string of the molecule is c1ccc(-c2n[nH]cc2CN2CCC(Nc3nccc(N4CCCCCC4)n3)CC2)cc1. The van der Waals surface area contributed by atoms with Crippen LogP contribution in [0.2, 0.25) is 0 Å². The molecule has 2 aliphatic heterocycles. The first-order valence-corrected chi connectivity index (χ1v) is 12.0. The molecule has 0 atom stereocenters. The molecule has 32 heavy (non-hydrogen) atoms. The Morgan fingerprint density at radius 3 is 2.50 bits per heavy atom. The summed E-state index contributed by atoms with van der Waals surface area (Å²) in [5.41, 5.74) is 3.49. The average Bonchev–Trinajstić information content (AvgIpc) is 3.12. The van der Waals surface area contributed by atoms with Gasteiger partial charge in [0, 0.05) is 62.3 Å². The Labute approximate surface area is 190 Å². The van der Waals surface area contributed by atoms with Crippen molar-refractivity contribution in [1.29, 1.82) is 0 Å². The molecule has 0 spiro atoms. The quantitative estimate of drug-likeness (QED) is 0.605. The first-order valence-electron chi connectivity index (χ1n) is 12.0. The van der Waals surface area contributed by atoms with E-state index in [-0.39, 0.29) is 0 Å². The highest BCUT2D eigenvalue weighted by Crippen LogP contribution is 2.24. The zero-order valence-electron chi connectivity index (χ0n) is 18.7. The number of H-pyrrole nitrogens is 1. The fourth-order valence-electron chi connectivity index (χ4n) is 4.83. The van der Waals surface area contributed by atoms with Gasteiger partial charge in [0.15, 0.2) is 0 Å². The van der Waals surface area contributed by atoms with Gasteiger partial charge in [-0.25, -0.2) is 4.98 Å². The van der Waals surface area contributed by atoms with Crippen LogP contribution < -0.4 is 10.2 Å². The summed E-state index contributed by atoms with van der Waals surface area (Å²) in [4.78, 5) is 14.3. The van der Waals surface area contributed by atoms with Gasteiger partial charge in [0.1, 0.15) is 5.82 Å². The average molecular weight is 432 g/mol. The summed E-state index contributed by atoms with van der Waals surface area (Å²) in [5, 5.41) is 11.1. The summed E-state index contributed by atoms with van der Waals surface area (Å²) >= 11 is 0. The van der Waals surface area contributed by atoms with E-state index in [1.807, 2.05) is 24.5 Å². The van der Waals surface area contributed by atoms with E-state index in [1.54, 1.807) is 0 Å². The van der Waals surface area contributed by atoms with E-state index in [9.17, 15) is 0 Å². The number of nitrogens with zero attached hydrogens (tertiary/aromatic N) is 5. The molecule has 0 saturated carbocycles. The number of aromatic amines is 1. The van der Waals surface area contributed by atoms with Crippen LogP contribution in [0, 0.1) is 0 Å². The van der Waals surface area contributed by atoms with Gasteiger partial charge >= 0.3 is 0 Å². The molecule has 2 aliphatic rings. The van der Waals surface area contributed by atoms with Crippen LogP contribution in [0.3, 0.4) is 0 Å². The number of likely N-dealkylation sites (tertiary alicyclic amines) is 1. The molecule has 2 fully saturated rings. The number of rotatable bonds is 6. The number of hydrogen-bond acceptors (Lipinski definition) is 6. The van der Waals surface area contributed by atoms with Gasteiger partial charge in [-0.15, -0.1) is 0 Å². The molecule has 0 unspecified atom stereocenters. The zero-order valence-corrected chi connectivity index (χ0v) is 18.7. The number of nitrogens with one attached hydrogen (secondary N) is 2. The fraction of sp³-hybridized carbons (Fsp3) is 0.480. The molecule has 1 aromatic carbocycles. The Bertz CT molecular complexity index is 971. The lowest BCUT2D eigenvalue weighted by Crippen LogP contribution is -2.39. The lowest BCUT2D eigenvalue weighted by atomic mass is 10.0. The van der Waals surface area contributed by atoms with Crippen molar-refractivity contribution >= 4 is 11.8 Å². The molecule has 7 nitrogen and oxygen atoms in total. The molecule has 2 saturated heterocycles. The van der Waals surface area contributed by atoms with Crippen LogP contribution in [-0.4, -0.2) is 57.3 Å². The number of benzene rings is 1. The summed E-state index contributed by atoms with van der Waals surface area (Å²) < 4.78 is 0. The second-order valence-electron chi connectivity index (χ2n) is 8.96. The summed E-state index contributed by atoms with van der Waals surface area (Å²) in [6, 6.07) is 12.9. The third kappa shape index (κ3) is 5.10. The molecule has 4 heterocycles. The monoisotopic (exact) mass is 431 g/mol. The predicted octanol–water partition coefficient (Wildman–Crippen LogP) is 4.32. The lowest BCUT2D eigenvalue weighted by Gasteiger charge is -2.32. The van der Waals surface area contributed by atoms with Gasteiger partial charge in [-0.2, -0.15) is 10.1 Å². The van der Waals surface area contributed by atoms with Crippen molar-refractivity contribution in [3.05, 3.63) is 54.4 Å². The third-order valence-electron chi connectivity index (χ3n) is 6.65. The van der Waals surface area contributed by atoms with Crippen LogP contribution in [0.4, 0.5) is 11.8 Å². The van der Waals surface area contributed by atoms with Crippen LogP contribution in [-0.2, 0) is 6.54 Å². The largest absolute Gasteiger partial charge is 0.356 e. The smallest absolute Gasteiger partial charge is 0.224 e. The molecule has 3 aromatic rings. The molecule has 0 aliphatic carbocycles. The van der Waals surface area contributed by atoms with E-state index >= 15 is 0 Å². The standard InChI is InChI=1S/C25H33N7/c1-2-7-15-32(14-6-1)23-10-13-26-25(29-23)28-22-11-16-31(17-12-22)19-21-18-27-30-24(21)20-8-4-3-5-9-20/h3-5,8-10,13,18,22H,1-2,6-7,11-12,14-17,19H2,(H,27,30)(H,26,28,29). The molecule has 0 bridgehead atoms. The molecular weight excluding hydrogens is 398 g/mol. The highest BCUT2D eigenvalue weighted by atomic mass is 15.2. The molecule has 2 N–H and O–H groups in total. The first kappa shape index (κ1) is 20.9. The summed E-state index contributed by atoms with van der Waals surface area (Å²) in [6.45, 7) is 5.25. The van der Waals surface area contributed by atoms with E-state index in [4.69, 9.17) is 4.98 Å². The second-order valence-corrected chi connectivity index (χ2v) is 8.96. The number of aromatic nitrogens is 4. The van der Waals surface area contributed by atoms with Gasteiger partial charge in [-0.05, 0) is 31.7 Å². The van der Waals surface area contributed by atoms with Crippen LogP contribution in [0.5, 0.6) is 0 Å². The minimum atomic E-state index is 0.420. The van der Waals surface area contributed by atoms with Gasteiger partial charge in [0.05, 0.1) is 5.69 Å². The van der Waals surface area contributed by atoms with Crippen molar-refractivity contribution in [3.63, 3.8) is 0 Å². The van der Waals surface area contributed by atoms with Crippen LogP contribution in [0.15, 0.2) is 48.8 Å². The first-order chi connectivity index (χ1) is 15.8. The van der Waals surface area contributed by atoms with E-state index in [0.717, 1.165) is 63.0 Å². The van der Waals surface area contributed by atoms with Crippen LogP contribution in [0.1, 0.15) is 44.1 Å². The van der Waals surface area contributed by atoms with Crippen molar-refractivity contribution in [2.24, 2.45) is 0 Å². The van der Waals surface area contributed by atoms with Gasteiger partial charge < -0.3 is 10.2 Å². The Balaban J connectivity index is 1.15. The van der Waals surface area contributed by atoms with Crippen molar-refractivity contribution in [2.45, 2.75) is 51.1 Å². The fourth-order valence-corrected chi connectivity index (χ4v) is 4.83. The van der Waals surface area contributed by atoms with Gasteiger partial charge in [-0.3, -0.25) is 10.00 Å². The lowest BCUT2D eigenvalue weighted by molar-refractivity contribution is 0.211. The summed E-state index contributed by atoms with van der Waals surface area (Å²) in [7, 11) is 0. The predicted molar refractivity (Wildman–Crippen MR) is 129 cm³/mol. The van der Waals surface area contributed by atoms with Gasteiger partial charge in [0.2, 0.25) is 5.95 Å². The molecule has 168 valence electrons. The highest BCUT2D eigenvalue weighted by Gasteiger charge is 2.22. The van der Waals surface area contributed by atoms with Gasteiger partial charge in [0.25, 0.3) is 0 Å². The van der Waals surface area contributed by atoms with E-state index in [1.165, 1.54) is 36.8 Å². The highest BCUT2D eigenvalue weighted by molar-refractivity contribution is 5.62. The van der Waals surface area contributed by atoms with E-state index < -0.39 is 0 Å². The van der Waals surface area contributed by atoms with Crippen molar-refractivity contribution in [1.82, 2.24) is 25.1 Å². The van der Waals surface area contributed by atoms with Gasteiger partial charge in [-0.1, -0.05) is 43.2 Å². The molecule has 0 radical (unpaired) electrons. The number of hydrogen-bond donors (Lipinski definition) is 2. The Kier molecular flexibility index (Phi) is 6.63. The van der Waals surface area contributed by atoms with Crippen LogP contribution in [0.25, 0.3) is 11.3 Å². The number of piperidine rings is 1. The molecule has 0 amide bonds. The van der Waals surface area contributed by atoms with E-state index in [2.05, 4.69) is 54.6 Å². The topological polar surface area (TPSA) is 73.0 Å². The van der Waals surface area contributed by atoms with Crippen molar-refractivity contribution in [2.75, 3.05) is 36.4 Å². The Morgan fingerprint density at radius 1 is 0.938 bits per heavy atom.